The lowest BCUT2D eigenvalue weighted by atomic mass is 10.0. The van der Waals surface area contributed by atoms with Crippen LogP contribution in [0.4, 0.5) is 8.78 Å². The smallest absolute Gasteiger partial charge is 0.335 e. The van der Waals surface area contributed by atoms with Gasteiger partial charge in [0, 0.05) is 30.0 Å². The lowest BCUT2D eigenvalue weighted by Gasteiger charge is -2.27. The number of hydrogen-bond donors (Lipinski definition) is 1. The molecule has 1 saturated heterocycles. The number of carbonyl (C=O) groups is 1. The summed E-state index contributed by atoms with van der Waals surface area (Å²) < 4.78 is 43.8. The molecule has 1 unspecified atom stereocenters. The Morgan fingerprint density at radius 3 is 2.76 bits per heavy atom. The molecule has 3 aromatic heterocycles. The fourth-order valence-electron chi connectivity index (χ4n) is 4.58. The van der Waals surface area contributed by atoms with Crippen molar-refractivity contribution in [3.8, 4) is 23.2 Å². The highest BCUT2D eigenvalue weighted by atomic mass is 32.1. The standard InChI is InChI=1S/C29H21F2N5O4S/c30-21-11-20(23-2-1-3-27(35-23)40-14-28-33-18(12-32)15-41-28)22(31)8-17(21)10-26-34-24-5-4-16(29(37)38)9-25(24)36(26)13-19-6-7-39-19/h1-5,8-9,11,15,19H,6-7,10,13-14H2,(H,37,38). The molecule has 0 aliphatic carbocycles. The summed E-state index contributed by atoms with van der Waals surface area (Å²) in [4.78, 5) is 24.6. The Balaban J connectivity index is 1.27. The highest BCUT2D eigenvalue weighted by Gasteiger charge is 2.23. The van der Waals surface area contributed by atoms with Gasteiger partial charge < -0.3 is 19.1 Å². The maximum atomic E-state index is 15.4. The molecular weight excluding hydrogens is 552 g/mol. The van der Waals surface area contributed by atoms with Crippen molar-refractivity contribution < 1.29 is 28.2 Å². The summed E-state index contributed by atoms with van der Waals surface area (Å²) in [5.41, 5.74) is 1.82. The zero-order valence-corrected chi connectivity index (χ0v) is 22.2. The van der Waals surface area contributed by atoms with Gasteiger partial charge in [0.2, 0.25) is 5.88 Å². The molecule has 12 heteroatoms. The van der Waals surface area contributed by atoms with E-state index in [-0.39, 0.29) is 47.4 Å². The van der Waals surface area contributed by atoms with E-state index in [1.54, 1.807) is 29.6 Å². The number of hydrogen-bond acceptors (Lipinski definition) is 8. The molecule has 1 fully saturated rings. The molecule has 1 N–H and O–H groups in total. The molecule has 1 atom stereocenters. The van der Waals surface area contributed by atoms with Gasteiger partial charge in [-0.2, -0.15) is 5.26 Å². The Morgan fingerprint density at radius 2 is 2.02 bits per heavy atom. The minimum atomic E-state index is -1.07. The van der Waals surface area contributed by atoms with Gasteiger partial charge in [-0.25, -0.2) is 28.5 Å². The van der Waals surface area contributed by atoms with Gasteiger partial charge in [-0.1, -0.05) is 6.07 Å². The number of nitrogens with zero attached hydrogens (tertiary/aromatic N) is 5. The van der Waals surface area contributed by atoms with Crippen molar-refractivity contribution in [2.75, 3.05) is 6.61 Å². The number of pyridine rings is 1. The van der Waals surface area contributed by atoms with Crippen LogP contribution in [0.1, 0.15) is 38.9 Å². The highest BCUT2D eigenvalue weighted by molar-refractivity contribution is 7.09. The number of thiazole rings is 1. The molecule has 0 amide bonds. The molecular formula is C29H21F2N5O4S. The van der Waals surface area contributed by atoms with Gasteiger partial charge >= 0.3 is 5.97 Å². The van der Waals surface area contributed by atoms with E-state index < -0.39 is 17.6 Å². The van der Waals surface area contributed by atoms with Crippen molar-refractivity contribution in [2.45, 2.75) is 32.1 Å². The number of carboxylic acids is 1. The number of carboxylic acid groups (broad SMARTS) is 1. The Labute approximate surface area is 236 Å². The second kappa shape index (κ2) is 11.0. The first-order valence-corrected chi connectivity index (χ1v) is 13.5. The van der Waals surface area contributed by atoms with Crippen LogP contribution < -0.4 is 4.74 Å². The summed E-state index contributed by atoms with van der Waals surface area (Å²) in [5.74, 6) is -1.69. The first kappa shape index (κ1) is 26.5. The van der Waals surface area contributed by atoms with Gasteiger partial charge in [-0.15, -0.1) is 11.3 Å². The number of nitriles is 1. The molecule has 0 saturated carbocycles. The minimum absolute atomic E-state index is 0.0120. The second-order valence-corrected chi connectivity index (χ2v) is 10.4. The van der Waals surface area contributed by atoms with E-state index in [9.17, 15) is 9.90 Å². The number of aromatic nitrogens is 4. The van der Waals surface area contributed by atoms with E-state index in [4.69, 9.17) is 14.7 Å². The number of aromatic carboxylic acids is 1. The van der Waals surface area contributed by atoms with E-state index in [1.165, 1.54) is 23.5 Å². The van der Waals surface area contributed by atoms with Crippen LogP contribution in [0.5, 0.6) is 5.88 Å². The predicted molar refractivity (Wildman–Crippen MR) is 145 cm³/mol. The van der Waals surface area contributed by atoms with Gasteiger partial charge in [0.25, 0.3) is 0 Å². The Bertz CT molecular complexity index is 1830. The number of rotatable bonds is 9. The van der Waals surface area contributed by atoms with Crippen molar-refractivity contribution in [1.29, 1.82) is 5.26 Å². The van der Waals surface area contributed by atoms with Gasteiger partial charge in [0.15, 0.2) is 5.69 Å². The summed E-state index contributed by atoms with van der Waals surface area (Å²) in [6, 6.07) is 13.6. The molecule has 5 aromatic rings. The zero-order chi connectivity index (χ0) is 28.5. The van der Waals surface area contributed by atoms with Crippen LogP contribution in [0.25, 0.3) is 22.3 Å². The summed E-state index contributed by atoms with van der Waals surface area (Å²) in [5, 5.41) is 20.6. The van der Waals surface area contributed by atoms with Crippen LogP contribution in [0.3, 0.4) is 0 Å². The fraction of sp³-hybridized carbons (Fsp3) is 0.207. The molecule has 4 heterocycles. The van der Waals surface area contributed by atoms with Crippen LogP contribution >= 0.6 is 11.3 Å². The molecule has 9 nitrogen and oxygen atoms in total. The monoisotopic (exact) mass is 573 g/mol. The number of halogens is 2. The quantitative estimate of drug-likeness (QED) is 0.250. The maximum absolute atomic E-state index is 15.4. The molecule has 6 rings (SSSR count). The van der Waals surface area contributed by atoms with E-state index in [1.807, 2.05) is 10.6 Å². The average molecular weight is 574 g/mol. The number of ether oxygens (including phenoxy) is 2. The third-order valence-corrected chi connectivity index (χ3v) is 7.57. The van der Waals surface area contributed by atoms with Crippen molar-refractivity contribution in [3.05, 3.63) is 93.2 Å². The Kier molecular flexibility index (Phi) is 7.13. The van der Waals surface area contributed by atoms with E-state index in [2.05, 4.69) is 15.0 Å². The SMILES string of the molecule is N#Cc1csc(COc2cccc(-c3cc(F)c(Cc4nc5ccc(C(=O)O)cc5n4CC4CCO4)cc3F)n2)n1. The third-order valence-electron chi connectivity index (χ3n) is 6.75. The molecule has 0 bridgehead atoms. The third kappa shape index (κ3) is 5.50. The molecule has 1 aliphatic rings. The molecule has 41 heavy (non-hydrogen) atoms. The summed E-state index contributed by atoms with van der Waals surface area (Å²) in [6.45, 7) is 1.15. The summed E-state index contributed by atoms with van der Waals surface area (Å²) in [7, 11) is 0. The molecule has 2 aromatic carbocycles. The van der Waals surface area contributed by atoms with E-state index in [0.717, 1.165) is 18.6 Å². The van der Waals surface area contributed by atoms with Gasteiger partial charge in [0.1, 0.15) is 35.1 Å². The van der Waals surface area contributed by atoms with Crippen molar-refractivity contribution in [2.24, 2.45) is 0 Å². The van der Waals surface area contributed by atoms with Gasteiger partial charge in [-0.3, -0.25) is 0 Å². The first-order chi connectivity index (χ1) is 19.9. The van der Waals surface area contributed by atoms with Crippen molar-refractivity contribution in [1.82, 2.24) is 19.5 Å². The molecule has 1 aliphatic heterocycles. The van der Waals surface area contributed by atoms with E-state index >= 15 is 8.78 Å². The van der Waals surface area contributed by atoms with E-state index in [0.29, 0.717) is 40.7 Å². The Morgan fingerprint density at radius 1 is 1.17 bits per heavy atom. The van der Waals surface area contributed by atoms with Crippen LogP contribution in [-0.4, -0.2) is 43.3 Å². The van der Waals surface area contributed by atoms with Crippen LogP contribution in [0, 0.1) is 23.0 Å². The van der Waals surface area contributed by atoms with Crippen LogP contribution in [0.15, 0.2) is 53.9 Å². The molecule has 0 spiro atoms. The number of benzene rings is 2. The first-order valence-electron chi connectivity index (χ1n) is 12.6. The zero-order valence-electron chi connectivity index (χ0n) is 21.4. The number of imidazole rings is 1. The normalized spacial score (nSPS) is 14.5. The fourth-order valence-corrected chi connectivity index (χ4v) is 5.21. The Hall–Kier alpha value is -4.73. The largest absolute Gasteiger partial charge is 0.478 e. The lowest BCUT2D eigenvalue weighted by molar-refractivity contribution is -0.0589. The van der Waals surface area contributed by atoms with Gasteiger partial charge in [-0.05, 0) is 48.4 Å². The van der Waals surface area contributed by atoms with Gasteiger partial charge in [0.05, 0.1) is 34.9 Å². The lowest BCUT2D eigenvalue weighted by Crippen LogP contribution is -2.31. The van der Waals surface area contributed by atoms with Crippen molar-refractivity contribution in [3.63, 3.8) is 0 Å². The highest BCUT2D eigenvalue weighted by Crippen LogP contribution is 2.29. The van der Waals surface area contributed by atoms with Crippen LogP contribution in [-0.2, 0) is 24.3 Å². The minimum Gasteiger partial charge on any atom is -0.478 e. The van der Waals surface area contributed by atoms with Crippen LogP contribution in [0.2, 0.25) is 0 Å². The predicted octanol–water partition coefficient (Wildman–Crippen LogP) is 5.36. The molecule has 206 valence electrons. The topological polar surface area (TPSA) is 123 Å². The summed E-state index contributed by atoms with van der Waals surface area (Å²) >= 11 is 1.28. The van der Waals surface area contributed by atoms with Crippen molar-refractivity contribution >= 4 is 28.3 Å². The average Bonchev–Trinajstić information content (AvgIpc) is 3.55. The summed E-state index contributed by atoms with van der Waals surface area (Å²) in [6.07, 6.45) is 0.769. The second-order valence-electron chi connectivity index (χ2n) is 9.42. The number of fused-ring (bicyclic) bond motifs is 1. The maximum Gasteiger partial charge on any atom is 0.335 e. The molecule has 0 radical (unpaired) electrons.